The van der Waals surface area contributed by atoms with Crippen LogP contribution in [-0.4, -0.2) is 0 Å². The SMILES string of the molecule is CCCC1CCC[CH]CCC1. The third kappa shape index (κ3) is 3.79. The van der Waals surface area contributed by atoms with Crippen LogP contribution in [0.5, 0.6) is 0 Å². The van der Waals surface area contributed by atoms with Crippen molar-refractivity contribution in [1.29, 1.82) is 0 Å². The van der Waals surface area contributed by atoms with Gasteiger partial charge < -0.3 is 0 Å². The first-order chi connectivity index (χ1) is 5.43. The standard InChI is InChI=1S/C11H21/c1-2-8-11-9-6-4-3-5-7-10-11/h3,11H,2,4-10H2,1H3. The van der Waals surface area contributed by atoms with Crippen molar-refractivity contribution in [3.05, 3.63) is 6.42 Å². The first kappa shape index (κ1) is 9.09. The minimum Gasteiger partial charge on any atom is -0.0654 e. The van der Waals surface area contributed by atoms with Gasteiger partial charge in [0.1, 0.15) is 0 Å². The van der Waals surface area contributed by atoms with Crippen LogP contribution < -0.4 is 0 Å². The molecule has 11 heavy (non-hydrogen) atoms. The van der Waals surface area contributed by atoms with E-state index >= 15 is 0 Å². The first-order valence-electron chi connectivity index (χ1n) is 5.25. The molecule has 0 nitrogen and oxygen atoms in total. The molecule has 0 spiro atoms. The molecule has 0 aromatic heterocycles. The smallest absolute Gasteiger partial charge is 0.0386 e. The fourth-order valence-corrected chi connectivity index (χ4v) is 2.09. The van der Waals surface area contributed by atoms with Gasteiger partial charge in [-0.1, -0.05) is 58.3 Å². The van der Waals surface area contributed by atoms with Gasteiger partial charge in [-0.15, -0.1) is 0 Å². The minimum atomic E-state index is 1.06. The zero-order valence-electron chi connectivity index (χ0n) is 7.81. The highest BCUT2D eigenvalue weighted by atomic mass is 14.1. The quantitative estimate of drug-likeness (QED) is 0.563. The average Bonchev–Trinajstić information content (AvgIpc) is 1.94. The molecule has 0 atom stereocenters. The van der Waals surface area contributed by atoms with Gasteiger partial charge in [-0.05, 0) is 12.3 Å². The first-order valence-corrected chi connectivity index (χ1v) is 5.25. The van der Waals surface area contributed by atoms with Gasteiger partial charge in [-0.25, -0.2) is 0 Å². The lowest BCUT2D eigenvalue weighted by Crippen LogP contribution is -2.03. The summed E-state index contributed by atoms with van der Waals surface area (Å²) in [5, 5.41) is 0. The molecule has 1 aliphatic carbocycles. The molecule has 0 aromatic rings. The Balaban J connectivity index is 2.15. The lowest BCUT2D eigenvalue weighted by Gasteiger charge is -2.18. The van der Waals surface area contributed by atoms with Gasteiger partial charge in [0, 0.05) is 0 Å². The predicted molar refractivity (Wildman–Crippen MR) is 50.4 cm³/mol. The maximum atomic E-state index is 2.47. The van der Waals surface area contributed by atoms with Gasteiger partial charge >= 0.3 is 0 Å². The molecule has 0 saturated heterocycles. The van der Waals surface area contributed by atoms with E-state index in [1.807, 2.05) is 0 Å². The third-order valence-corrected chi connectivity index (χ3v) is 2.74. The zero-order chi connectivity index (χ0) is 7.94. The van der Waals surface area contributed by atoms with Crippen molar-refractivity contribution in [1.82, 2.24) is 0 Å². The minimum absolute atomic E-state index is 1.06. The second-order valence-corrected chi connectivity index (χ2v) is 3.81. The number of rotatable bonds is 2. The van der Waals surface area contributed by atoms with E-state index in [-0.39, 0.29) is 0 Å². The molecule has 0 aromatic carbocycles. The van der Waals surface area contributed by atoms with Crippen molar-refractivity contribution in [2.75, 3.05) is 0 Å². The lowest BCUT2D eigenvalue weighted by molar-refractivity contribution is 0.377. The fraction of sp³-hybridized carbons (Fsp3) is 0.909. The molecule has 1 fully saturated rings. The largest absolute Gasteiger partial charge is 0.0654 e. The van der Waals surface area contributed by atoms with Gasteiger partial charge in [0.15, 0.2) is 0 Å². The van der Waals surface area contributed by atoms with E-state index in [1.54, 1.807) is 0 Å². The zero-order valence-corrected chi connectivity index (χ0v) is 7.81. The monoisotopic (exact) mass is 153 g/mol. The molecular weight excluding hydrogens is 132 g/mol. The Labute approximate surface area is 71.4 Å². The second-order valence-electron chi connectivity index (χ2n) is 3.81. The van der Waals surface area contributed by atoms with Crippen LogP contribution in [0.1, 0.15) is 58.3 Å². The van der Waals surface area contributed by atoms with E-state index in [4.69, 9.17) is 0 Å². The van der Waals surface area contributed by atoms with Crippen LogP contribution in [0, 0.1) is 12.3 Å². The van der Waals surface area contributed by atoms with Crippen LogP contribution in [0.25, 0.3) is 0 Å². The molecule has 1 radical (unpaired) electrons. The molecule has 1 saturated carbocycles. The Morgan fingerprint density at radius 1 is 1.18 bits per heavy atom. The van der Waals surface area contributed by atoms with Gasteiger partial charge in [-0.3, -0.25) is 0 Å². The Hall–Kier alpha value is 0. The van der Waals surface area contributed by atoms with Crippen LogP contribution in [-0.2, 0) is 0 Å². The number of hydrogen-bond donors (Lipinski definition) is 0. The van der Waals surface area contributed by atoms with Crippen LogP contribution in [0.4, 0.5) is 0 Å². The van der Waals surface area contributed by atoms with E-state index < -0.39 is 0 Å². The molecular formula is C11H21. The van der Waals surface area contributed by atoms with Crippen LogP contribution in [0.2, 0.25) is 0 Å². The fourth-order valence-electron chi connectivity index (χ4n) is 2.09. The topological polar surface area (TPSA) is 0 Å². The highest BCUT2D eigenvalue weighted by Crippen LogP contribution is 2.24. The summed E-state index contributed by atoms with van der Waals surface area (Å²) in [4.78, 5) is 0. The van der Waals surface area contributed by atoms with Crippen molar-refractivity contribution in [3.8, 4) is 0 Å². The highest BCUT2D eigenvalue weighted by Gasteiger charge is 2.09. The summed E-state index contributed by atoms with van der Waals surface area (Å²) in [6, 6.07) is 0. The van der Waals surface area contributed by atoms with Crippen molar-refractivity contribution in [2.45, 2.75) is 58.3 Å². The van der Waals surface area contributed by atoms with Gasteiger partial charge in [0.2, 0.25) is 0 Å². The van der Waals surface area contributed by atoms with E-state index in [9.17, 15) is 0 Å². The number of hydrogen-bond acceptors (Lipinski definition) is 0. The Kier molecular flexibility index (Phi) is 4.65. The van der Waals surface area contributed by atoms with Gasteiger partial charge in [-0.2, -0.15) is 0 Å². The predicted octanol–water partition coefficient (Wildman–Crippen LogP) is 3.96. The summed E-state index contributed by atoms with van der Waals surface area (Å²) < 4.78 is 0. The average molecular weight is 153 g/mol. The maximum Gasteiger partial charge on any atom is -0.0386 e. The molecule has 1 rings (SSSR count). The maximum absolute atomic E-state index is 2.47. The third-order valence-electron chi connectivity index (χ3n) is 2.74. The van der Waals surface area contributed by atoms with Gasteiger partial charge in [0.05, 0.1) is 0 Å². The second kappa shape index (κ2) is 5.62. The Morgan fingerprint density at radius 2 is 1.82 bits per heavy atom. The molecule has 65 valence electrons. The van der Waals surface area contributed by atoms with Gasteiger partial charge in [0.25, 0.3) is 0 Å². The van der Waals surface area contributed by atoms with Crippen LogP contribution in [0.3, 0.4) is 0 Å². The normalized spacial score (nSPS) is 22.6. The molecule has 0 N–H and O–H groups in total. The molecule has 0 bridgehead atoms. The molecule has 0 heterocycles. The summed E-state index contributed by atoms with van der Waals surface area (Å²) >= 11 is 0. The van der Waals surface area contributed by atoms with E-state index in [0.29, 0.717) is 0 Å². The molecule has 0 aliphatic heterocycles. The van der Waals surface area contributed by atoms with E-state index in [1.165, 1.54) is 51.4 Å². The Bertz CT molecular complexity index is 78.0. The lowest BCUT2D eigenvalue weighted by atomic mass is 9.88. The van der Waals surface area contributed by atoms with Crippen molar-refractivity contribution < 1.29 is 0 Å². The van der Waals surface area contributed by atoms with Crippen molar-refractivity contribution >= 4 is 0 Å². The van der Waals surface area contributed by atoms with E-state index in [0.717, 1.165) is 5.92 Å². The van der Waals surface area contributed by atoms with E-state index in [2.05, 4.69) is 13.3 Å². The molecule has 0 amide bonds. The van der Waals surface area contributed by atoms with Crippen molar-refractivity contribution in [2.24, 2.45) is 5.92 Å². The summed E-state index contributed by atoms with van der Waals surface area (Å²) in [6.07, 6.45) is 14.0. The Morgan fingerprint density at radius 3 is 2.36 bits per heavy atom. The summed E-state index contributed by atoms with van der Waals surface area (Å²) in [6.45, 7) is 2.31. The highest BCUT2D eigenvalue weighted by molar-refractivity contribution is 4.71. The summed E-state index contributed by atoms with van der Waals surface area (Å²) in [5.74, 6) is 1.06. The van der Waals surface area contributed by atoms with Crippen LogP contribution in [0.15, 0.2) is 0 Å². The summed E-state index contributed by atoms with van der Waals surface area (Å²) in [5.41, 5.74) is 0. The van der Waals surface area contributed by atoms with Crippen molar-refractivity contribution in [3.63, 3.8) is 0 Å². The molecule has 0 unspecified atom stereocenters. The summed E-state index contributed by atoms with van der Waals surface area (Å²) in [7, 11) is 0. The van der Waals surface area contributed by atoms with Crippen LogP contribution >= 0.6 is 0 Å². The molecule has 0 heteroatoms. The molecule has 1 aliphatic rings.